The molecule has 10 nitrogen and oxygen atoms in total. The van der Waals surface area contributed by atoms with Crippen molar-refractivity contribution in [1.29, 1.82) is 0 Å². The first-order valence-electron chi connectivity index (χ1n) is 25.1. The van der Waals surface area contributed by atoms with Crippen molar-refractivity contribution in [2.45, 2.75) is 152 Å². The molecule has 0 radical (unpaired) electrons. The second-order valence-corrected chi connectivity index (χ2v) is 21.4. The number of hydrogen-bond donors (Lipinski definition) is 4. The Morgan fingerprint density at radius 2 is 1.09 bits per heavy atom. The molecule has 7 rings (SSSR count). The molecule has 4 N–H and O–H groups in total. The van der Waals surface area contributed by atoms with Crippen LogP contribution in [-0.4, -0.2) is 91.3 Å². The molecule has 2 atom stereocenters. The van der Waals surface area contributed by atoms with Gasteiger partial charge in [0, 0.05) is 65.4 Å². The maximum absolute atomic E-state index is 12.6. The minimum Gasteiger partial charge on any atom is -0.355 e. The molecular formula is C57H76Cl2N6O4. The maximum atomic E-state index is 12.6. The number of nitrogens with zero attached hydrogens (tertiary/aromatic N) is 2. The Balaban J connectivity index is 0.000000227. The molecule has 0 spiro atoms. The third-order valence-electron chi connectivity index (χ3n) is 15.2. The number of amides is 4. The molecule has 2 fully saturated rings. The molecule has 4 aromatic rings. The van der Waals surface area contributed by atoms with Gasteiger partial charge in [-0.15, -0.1) is 0 Å². The summed E-state index contributed by atoms with van der Waals surface area (Å²) in [5, 5.41) is 13.9. The normalized spacial score (nSPS) is 22.4. The van der Waals surface area contributed by atoms with Crippen LogP contribution in [0.25, 0.3) is 0 Å². The topological polar surface area (TPSA) is 123 Å². The number of fused-ring (bicyclic) bond motifs is 1. The maximum Gasteiger partial charge on any atom is 0.220 e. The molecule has 2 unspecified atom stereocenters. The first kappa shape index (κ1) is 53.6. The number of nitrogens with one attached hydrogen (secondary N) is 4. The average Bonchev–Trinajstić information content (AvgIpc) is 3.74. The number of likely N-dealkylation sites (N-methyl/N-ethyl adjacent to an activating group) is 2. The summed E-state index contributed by atoms with van der Waals surface area (Å²) in [4.78, 5) is 54.5. The van der Waals surface area contributed by atoms with Crippen LogP contribution >= 0.6 is 23.2 Å². The Morgan fingerprint density at radius 1 is 0.594 bits per heavy atom. The summed E-state index contributed by atoms with van der Waals surface area (Å²) >= 11 is 12.0. The van der Waals surface area contributed by atoms with Crippen molar-refractivity contribution in [2.24, 2.45) is 0 Å². The van der Waals surface area contributed by atoms with Gasteiger partial charge in [-0.1, -0.05) is 108 Å². The Kier molecular flexibility index (Phi) is 19.7. The fraction of sp³-hybridized carbons (Fsp3) is 0.509. The van der Waals surface area contributed by atoms with E-state index in [2.05, 4.69) is 122 Å². The molecule has 0 aliphatic heterocycles. The Morgan fingerprint density at radius 3 is 1.62 bits per heavy atom. The lowest BCUT2D eigenvalue weighted by molar-refractivity contribution is -0.127. The largest absolute Gasteiger partial charge is 0.355 e. The molecular weight excluding hydrogens is 904 g/mol. The summed E-state index contributed by atoms with van der Waals surface area (Å²) in [6.07, 6.45) is 12.8. The third kappa shape index (κ3) is 15.9. The predicted molar refractivity (Wildman–Crippen MR) is 281 cm³/mol. The van der Waals surface area contributed by atoms with Gasteiger partial charge in [0.1, 0.15) is 0 Å². The predicted octanol–water partition coefficient (Wildman–Crippen LogP) is 10.1. The van der Waals surface area contributed by atoms with Gasteiger partial charge in [0.05, 0.1) is 6.04 Å². The van der Waals surface area contributed by atoms with Crippen molar-refractivity contribution in [1.82, 2.24) is 31.1 Å². The van der Waals surface area contributed by atoms with Crippen molar-refractivity contribution in [2.75, 3.05) is 34.7 Å². The number of benzene rings is 4. The van der Waals surface area contributed by atoms with Gasteiger partial charge in [-0.05, 0) is 170 Å². The van der Waals surface area contributed by atoms with Crippen LogP contribution in [0.3, 0.4) is 0 Å². The van der Waals surface area contributed by atoms with Crippen LogP contribution in [0.5, 0.6) is 0 Å². The minimum absolute atomic E-state index is 0.0259. The Bertz CT molecular complexity index is 2300. The number of aryl methyl sites for hydroxylation is 2. The highest BCUT2D eigenvalue weighted by molar-refractivity contribution is 6.30. The van der Waals surface area contributed by atoms with Gasteiger partial charge in [0.15, 0.2) is 0 Å². The van der Waals surface area contributed by atoms with Crippen LogP contribution < -0.4 is 21.3 Å². The fourth-order valence-electron chi connectivity index (χ4n) is 10.6. The summed E-state index contributed by atoms with van der Waals surface area (Å²) in [6, 6.07) is 33.2. The van der Waals surface area contributed by atoms with E-state index in [9.17, 15) is 19.2 Å². The average molecular weight is 980 g/mol. The lowest BCUT2D eigenvalue weighted by atomic mass is 9.74. The van der Waals surface area contributed by atoms with Crippen LogP contribution in [0, 0.1) is 6.92 Å². The summed E-state index contributed by atoms with van der Waals surface area (Å²) in [7, 11) is 8.63. The fourth-order valence-corrected chi connectivity index (χ4v) is 10.9. The van der Waals surface area contributed by atoms with E-state index in [1.54, 1.807) is 0 Å². The number of carbonyl (C=O) groups is 4. The van der Waals surface area contributed by atoms with E-state index in [1.807, 2.05) is 48.5 Å². The molecule has 2 saturated carbocycles. The highest BCUT2D eigenvalue weighted by atomic mass is 35.5. The van der Waals surface area contributed by atoms with E-state index in [1.165, 1.54) is 27.8 Å². The summed E-state index contributed by atoms with van der Waals surface area (Å²) in [6.45, 7) is 4.74. The van der Waals surface area contributed by atoms with Crippen molar-refractivity contribution >= 4 is 46.8 Å². The van der Waals surface area contributed by atoms with E-state index in [0.29, 0.717) is 11.6 Å². The van der Waals surface area contributed by atoms with Crippen molar-refractivity contribution < 1.29 is 19.2 Å². The van der Waals surface area contributed by atoms with Gasteiger partial charge in [-0.25, -0.2) is 0 Å². The molecule has 4 amide bonds. The molecule has 0 heterocycles. The van der Waals surface area contributed by atoms with Crippen LogP contribution in [0.4, 0.5) is 0 Å². The number of hydrogen-bond acceptors (Lipinski definition) is 6. The van der Waals surface area contributed by atoms with Crippen molar-refractivity contribution in [3.63, 3.8) is 0 Å². The quantitative estimate of drug-likeness (QED) is 0.0788. The van der Waals surface area contributed by atoms with E-state index in [0.717, 1.165) is 87.6 Å². The Labute approximate surface area is 422 Å². The SMILES string of the molecule is CN(C)C1(Cc2ccc(Cl)cc2)CCC(NC(=O)CCC(=O)NC2CCc3ccccc32)CC1.Cc1cccc(CC2(N(C)C)CCC(NC(=O)CCC(=O)NCC(C)c3ccc(Cl)cc3)CC2)c1. The number of halogens is 2. The Hall–Kier alpha value is -4.74. The lowest BCUT2D eigenvalue weighted by Crippen LogP contribution is -2.52. The number of rotatable bonds is 18. The second-order valence-electron chi connectivity index (χ2n) is 20.5. The van der Waals surface area contributed by atoms with Gasteiger partial charge in [0.2, 0.25) is 23.6 Å². The molecule has 0 aromatic heterocycles. The van der Waals surface area contributed by atoms with Gasteiger partial charge in [0.25, 0.3) is 0 Å². The summed E-state index contributed by atoms with van der Waals surface area (Å²) in [5.41, 5.74) is 7.82. The van der Waals surface area contributed by atoms with E-state index in [-0.39, 0.29) is 84.4 Å². The summed E-state index contributed by atoms with van der Waals surface area (Å²) in [5.74, 6) is -0.0116. The van der Waals surface area contributed by atoms with Crippen LogP contribution in [0.1, 0.15) is 136 Å². The monoisotopic (exact) mass is 979 g/mol. The molecule has 3 aliphatic carbocycles. The zero-order valence-electron chi connectivity index (χ0n) is 41.9. The van der Waals surface area contributed by atoms with Crippen molar-refractivity contribution in [3.8, 4) is 0 Å². The van der Waals surface area contributed by atoms with Crippen LogP contribution in [0.2, 0.25) is 10.0 Å². The molecule has 372 valence electrons. The lowest BCUT2D eigenvalue weighted by Gasteiger charge is -2.45. The van der Waals surface area contributed by atoms with E-state index in [4.69, 9.17) is 23.2 Å². The minimum atomic E-state index is -0.0885. The highest BCUT2D eigenvalue weighted by Crippen LogP contribution is 2.37. The third-order valence-corrected chi connectivity index (χ3v) is 15.7. The zero-order valence-corrected chi connectivity index (χ0v) is 43.4. The van der Waals surface area contributed by atoms with E-state index < -0.39 is 0 Å². The first-order valence-corrected chi connectivity index (χ1v) is 25.9. The first-order chi connectivity index (χ1) is 33.0. The molecule has 0 saturated heterocycles. The highest BCUT2D eigenvalue weighted by Gasteiger charge is 2.39. The molecule has 12 heteroatoms. The molecule has 0 bridgehead atoms. The van der Waals surface area contributed by atoms with Gasteiger partial charge < -0.3 is 31.1 Å². The smallest absolute Gasteiger partial charge is 0.220 e. The van der Waals surface area contributed by atoms with Crippen LogP contribution in [0.15, 0.2) is 97.1 Å². The zero-order chi connectivity index (χ0) is 49.6. The van der Waals surface area contributed by atoms with Gasteiger partial charge in [-0.3, -0.25) is 19.2 Å². The van der Waals surface area contributed by atoms with Gasteiger partial charge in [-0.2, -0.15) is 0 Å². The molecule has 69 heavy (non-hydrogen) atoms. The van der Waals surface area contributed by atoms with Crippen LogP contribution in [-0.2, 0) is 38.4 Å². The van der Waals surface area contributed by atoms with Crippen molar-refractivity contribution in [3.05, 3.63) is 140 Å². The summed E-state index contributed by atoms with van der Waals surface area (Å²) < 4.78 is 0. The molecule has 3 aliphatic rings. The van der Waals surface area contributed by atoms with E-state index >= 15 is 0 Å². The van der Waals surface area contributed by atoms with Gasteiger partial charge >= 0.3 is 0 Å². The number of carbonyl (C=O) groups excluding carboxylic acids is 4. The standard InChI is InChI=1S/C29H40ClN3O2.C28H36ClN3O2/c1-21-6-5-7-23(18-21)19-29(33(3)4)16-14-26(15-17-29)32-28(35)13-12-27(34)31-20-22(2)24-8-10-25(30)11-9-24;1-32(2)28(19-20-7-10-22(29)11-8-20)17-15-23(16-18-28)30-26(33)13-14-27(34)31-25-12-9-21-5-3-4-6-24(21)25/h5-11,18,22,26H,12-17,19-20H2,1-4H3,(H,31,34)(H,32,35);3-8,10-11,23,25H,9,12-19H2,1-2H3,(H,30,33)(H,31,34). The second kappa shape index (κ2) is 25.4. The molecule has 4 aromatic carbocycles.